The molecular weight excluding hydrogens is 358 g/mol. The average molecular weight is 371 g/mol. The van der Waals surface area contributed by atoms with E-state index in [-0.39, 0.29) is 0 Å². The fourth-order valence-corrected chi connectivity index (χ4v) is 2.69. The summed E-state index contributed by atoms with van der Waals surface area (Å²) in [7, 11) is 0. The van der Waals surface area contributed by atoms with Gasteiger partial charge >= 0.3 is 0 Å². The summed E-state index contributed by atoms with van der Waals surface area (Å²) in [4.78, 5) is 0. The van der Waals surface area contributed by atoms with Crippen LogP contribution in [0.15, 0.2) is 45.3 Å². The predicted octanol–water partition coefficient (Wildman–Crippen LogP) is 4.77. The monoisotopic (exact) mass is 369 g/mol. The third-order valence-corrected chi connectivity index (χ3v) is 3.72. The van der Waals surface area contributed by atoms with Gasteiger partial charge in [-0.2, -0.15) is 0 Å². The highest BCUT2D eigenvalue weighted by atomic mass is 79.9. The van der Waals surface area contributed by atoms with Crippen LogP contribution in [0.1, 0.15) is 11.1 Å². The second-order valence-corrected chi connectivity index (χ2v) is 5.75. The van der Waals surface area contributed by atoms with E-state index < -0.39 is 0 Å². The molecule has 4 heteroatoms. The number of benzene rings is 2. The normalized spacial score (nSPS) is 10.4. The van der Waals surface area contributed by atoms with Crippen molar-refractivity contribution in [2.45, 2.75) is 13.5 Å². The number of ether oxygens (including phenoxy) is 1. The highest BCUT2D eigenvalue weighted by molar-refractivity contribution is 9.11. The molecule has 0 aliphatic rings. The molecule has 0 aliphatic heterocycles. The number of halogens is 2. The van der Waals surface area contributed by atoms with Crippen molar-refractivity contribution < 1.29 is 4.74 Å². The van der Waals surface area contributed by atoms with Crippen LogP contribution >= 0.6 is 31.9 Å². The summed E-state index contributed by atoms with van der Waals surface area (Å²) in [6, 6.07) is 11.8. The zero-order valence-corrected chi connectivity index (χ0v) is 13.1. The van der Waals surface area contributed by atoms with Gasteiger partial charge in [-0.05, 0) is 58.2 Å². The Morgan fingerprint density at radius 2 is 1.83 bits per heavy atom. The predicted molar refractivity (Wildman–Crippen MR) is 81.0 cm³/mol. The van der Waals surface area contributed by atoms with Gasteiger partial charge in [0.15, 0.2) is 0 Å². The largest absolute Gasteiger partial charge is 0.456 e. The van der Waals surface area contributed by atoms with Crippen LogP contribution in [0.3, 0.4) is 0 Å². The number of hydrogen-bond acceptors (Lipinski definition) is 2. The average Bonchev–Trinajstić information content (AvgIpc) is 2.35. The van der Waals surface area contributed by atoms with Crippen molar-refractivity contribution in [2.24, 2.45) is 5.73 Å². The molecule has 0 bridgehead atoms. The Hall–Kier alpha value is -0.840. The van der Waals surface area contributed by atoms with E-state index in [0.29, 0.717) is 6.54 Å². The molecule has 2 nitrogen and oxygen atoms in total. The SMILES string of the molecule is Cc1ccc(CN)cc1Oc1ccc(Br)cc1Br. The molecule has 0 radical (unpaired) electrons. The van der Waals surface area contributed by atoms with Gasteiger partial charge in [0.2, 0.25) is 0 Å². The number of rotatable bonds is 3. The Bertz CT molecular complexity index is 570. The molecule has 0 atom stereocenters. The van der Waals surface area contributed by atoms with E-state index >= 15 is 0 Å². The van der Waals surface area contributed by atoms with Gasteiger partial charge in [0, 0.05) is 11.0 Å². The number of hydrogen-bond donors (Lipinski definition) is 1. The summed E-state index contributed by atoms with van der Waals surface area (Å²) >= 11 is 6.90. The maximum atomic E-state index is 5.91. The van der Waals surface area contributed by atoms with Crippen molar-refractivity contribution >= 4 is 31.9 Å². The van der Waals surface area contributed by atoms with E-state index in [1.54, 1.807) is 0 Å². The Kier molecular flexibility index (Phi) is 4.43. The molecule has 2 N–H and O–H groups in total. The lowest BCUT2D eigenvalue weighted by atomic mass is 10.1. The van der Waals surface area contributed by atoms with Gasteiger partial charge in [-0.1, -0.05) is 28.1 Å². The summed E-state index contributed by atoms with van der Waals surface area (Å²) in [5.74, 6) is 1.62. The number of nitrogens with two attached hydrogens (primary N) is 1. The van der Waals surface area contributed by atoms with Crippen molar-refractivity contribution in [3.63, 3.8) is 0 Å². The van der Waals surface area contributed by atoms with Crippen molar-refractivity contribution in [1.29, 1.82) is 0 Å². The Balaban J connectivity index is 2.33. The third-order valence-electron chi connectivity index (χ3n) is 2.60. The maximum Gasteiger partial charge on any atom is 0.141 e. The second-order valence-electron chi connectivity index (χ2n) is 3.98. The van der Waals surface area contributed by atoms with E-state index in [1.807, 2.05) is 43.3 Å². The fraction of sp³-hybridized carbons (Fsp3) is 0.143. The zero-order valence-electron chi connectivity index (χ0n) is 9.91. The van der Waals surface area contributed by atoms with Crippen molar-refractivity contribution in [3.05, 3.63) is 56.5 Å². The molecule has 0 aromatic heterocycles. The van der Waals surface area contributed by atoms with Gasteiger partial charge in [-0.25, -0.2) is 0 Å². The van der Waals surface area contributed by atoms with Crippen LogP contribution in [0.2, 0.25) is 0 Å². The van der Waals surface area contributed by atoms with Gasteiger partial charge in [-0.15, -0.1) is 0 Å². The second kappa shape index (κ2) is 5.87. The first-order chi connectivity index (χ1) is 8.60. The zero-order chi connectivity index (χ0) is 13.1. The molecule has 0 unspecified atom stereocenters. The third kappa shape index (κ3) is 3.13. The van der Waals surface area contributed by atoms with Gasteiger partial charge < -0.3 is 10.5 Å². The molecule has 18 heavy (non-hydrogen) atoms. The Morgan fingerprint density at radius 1 is 1.06 bits per heavy atom. The summed E-state index contributed by atoms with van der Waals surface area (Å²) in [5, 5.41) is 0. The molecular formula is C14H13Br2NO. The van der Waals surface area contributed by atoms with Crippen LogP contribution in [-0.2, 0) is 6.54 Å². The van der Waals surface area contributed by atoms with E-state index in [2.05, 4.69) is 31.9 Å². The maximum absolute atomic E-state index is 5.91. The van der Waals surface area contributed by atoms with E-state index in [0.717, 1.165) is 31.6 Å². The molecule has 0 fully saturated rings. The first kappa shape index (κ1) is 13.6. The molecule has 0 amide bonds. The summed E-state index contributed by atoms with van der Waals surface area (Å²) in [6.45, 7) is 2.53. The first-order valence-corrected chi connectivity index (χ1v) is 7.11. The first-order valence-electron chi connectivity index (χ1n) is 5.52. The van der Waals surface area contributed by atoms with E-state index in [4.69, 9.17) is 10.5 Å². The molecule has 0 spiro atoms. The molecule has 0 saturated heterocycles. The molecule has 2 aromatic carbocycles. The molecule has 0 heterocycles. The molecule has 2 rings (SSSR count). The lowest BCUT2D eigenvalue weighted by Crippen LogP contribution is -1.97. The fourth-order valence-electron chi connectivity index (χ4n) is 1.56. The van der Waals surface area contributed by atoms with Gasteiger partial charge in [0.25, 0.3) is 0 Å². The van der Waals surface area contributed by atoms with Gasteiger partial charge in [-0.3, -0.25) is 0 Å². The van der Waals surface area contributed by atoms with Crippen LogP contribution in [0.4, 0.5) is 0 Å². The highest BCUT2D eigenvalue weighted by Gasteiger charge is 2.06. The van der Waals surface area contributed by atoms with Crippen molar-refractivity contribution in [1.82, 2.24) is 0 Å². The molecule has 0 saturated carbocycles. The van der Waals surface area contributed by atoms with Crippen LogP contribution in [-0.4, -0.2) is 0 Å². The Morgan fingerprint density at radius 3 is 2.50 bits per heavy atom. The van der Waals surface area contributed by atoms with Crippen LogP contribution < -0.4 is 10.5 Å². The summed E-state index contributed by atoms with van der Waals surface area (Å²) in [5.41, 5.74) is 7.79. The molecule has 94 valence electrons. The van der Waals surface area contributed by atoms with Crippen LogP contribution in [0.25, 0.3) is 0 Å². The minimum atomic E-state index is 0.512. The minimum Gasteiger partial charge on any atom is -0.456 e. The molecule has 2 aromatic rings. The van der Waals surface area contributed by atoms with Gasteiger partial charge in [0.1, 0.15) is 11.5 Å². The smallest absolute Gasteiger partial charge is 0.141 e. The molecule has 0 aliphatic carbocycles. The van der Waals surface area contributed by atoms with Crippen molar-refractivity contribution in [3.8, 4) is 11.5 Å². The number of aryl methyl sites for hydroxylation is 1. The quantitative estimate of drug-likeness (QED) is 0.844. The Labute approximate surface area is 123 Å². The van der Waals surface area contributed by atoms with Crippen LogP contribution in [0, 0.1) is 6.92 Å². The van der Waals surface area contributed by atoms with E-state index in [9.17, 15) is 0 Å². The van der Waals surface area contributed by atoms with E-state index in [1.165, 1.54) is 0 Å². The van der Waals surface area contributed by atoms with Crippen molar-refractivity contribution in [2.75, 3.05) is 0 Å². The lowest BCUT2D eigenvalue weighted by Gasteiger charge is -2.11. The minimum absolute atomic E-state index is 0.512. The van der Waals surface area contributed by atoms with Gasteiger partial charge in [0.05, 0.1) is 4.47 Å². The topological polar surface area (TPSA) is 35.2 Å². The summed E-state index contributed by atoms with van der Waals surface area (Å²) in [6.07, 6.45) is 0. The standard InChI is InChI=1S/C14H13Br2NO/c1-9-2-3-10(8-17)6-14(9)18-13-5-4-11(15)7-12(13)16/h2-7H,8,17H2,1H3. The highest BCUT2D eigenvalue weighted by Crippen LogP contribution is 2.33. The van der Waals surface area contributed by atoms with Crippen LogP contribution in [0.5, 0.6) is 11.5 Å². The summed E-state index contributed by atoms with van der Waals surface area (Å²) < 4.78 is 7.83. The lowest BCUT2D eigenvalue weighted by molar-refractivity contribution is 0.475.